The molecule has 144 valence electrons. The third kappa shape index (κ3) is 6.43. The van der Waals surface area contributed by atoms with Gasteiger partial charge in [-0.05, 0) is 31.3 Å². The van der Waals surface area contributed by atoms with E-state index in [4.69, 9.17) is 14.2 Å². The van der Waals surface area contributed by atoms with E-state index >= 15 is 0 Å². The van der Waals surface area contributed by atoms with Gasteiger partial charge in [0, 0.05) is 6.54 Å². The van der Waals surface area contributed by atoms with Gasteiger partial charge in [0.15, 0.2) is 6.29 Å². The van der Waals surface area contributed by atoms with Gasteiger partial charge in [0.05, 0.1) is 6.61 Å². The van der Waals surface area contributed by atoms with Crippen LogP contribution in [0.4, 0.5) is 0 Å². The Kier molecular flexibility index (Phi) is 9.73. The Bertz CT molecular complexity index is 471. The fraction of sp³-hybridized carbons (Fsp3) is 0.647. The van der Waals surface area contributed by atoms with E-state index < -0.39 is 30.7 Å². The van der Waals surface area contributed by atoms with Crippen molar-refractivity contribution in [3.8, 4) is 11.5 Å². The molecule has 0 radical (unpaired) electrons. The Hall–Kier alpha value is -1.42. The minimum atomic E-state index is -1.39. The lowest BCUT2D eigenvalue weighted by atomic mass is 9.99. The minimum absolute atomic E-state index is 0.0401. The van der Waals surface area contributed by atoms with Crippen LogP contribution in [0.3, 0.4) is 0 Å². The maximum absolute atomic E-state index is 10.00. The highest BCUT2D eigenvalue weighted by Crippen LogP contribution is 2.23. The van der Waals surface area contributed by atoms with E-state index in [0.717, 1.165) is 0 Å². The fourth-order valence-electron chi connectivity index (χ4n) is 2.19. The number of rotatable bonds is 7. The summed E-state index contributed by atoms with van der Waals surface area (Å²) in [5.41, 5.74) is 0. The lowest BCUT2D eigenvalue weighted by molar-refractivity contribution is -0.299. The Balaban J connectivity index is 0.00000151. The average molecular weight is 359 g/mol. The van der Waals surface area contributed by atoms with Crippen LogP contribution in [-0.4, -0.2) is 77.9 Å². The van der Waals surface area contributed by atoms with Gasteiger partial charge < -0.3 is 40.0 Å². The molecule has 8 heteroatoms. The third-order valence-electron chi connectivity index (χ3n) is 3.55. The van der Waals surface area contributed by atoms with Gasteiger partial charge in [-0.3, -0.25) is 0 Å². The maximum Gasteiger partial charge on any atom is 0.186 e. The zero-order valence-corrected chi connectivity index (χ0v) is 14.8. The number of aliphatic hydroxyl groups excluding tert-OH is 3. The van der Waals surface area contributed by atoms with Crippen molar-refractivity contribution in [2.45, 2.75) is 44.6 Å². The SMILES string of the molecule is CC.CNCCOC1OC(COc2ccc(O)cc2)C(O)C(O)C1O. The number of phenols is 1. The molecule has 1 heterocycles. The van der Waals surface area contributed by atoms with Crippen LogP contribution in [0.5, 0.6) is 11.5 Å². The first-order valence-corrected chi connectivity index (χ1v) is 8.40. The van der Waals surface area contributed by atoms with Crippen LogP contribution in [0.25, 0.3) is 0 Å². The van der Waals surface area contributed by atoms with Gasteiger partial charge in [-0.2, -0.15) is 0 Å². The second-order valence-electron chi connectivity index (χ2n) is 5.29. The molecule has 5 atom stereocenters. The number of hydrogen-bond acceptors (Lipinski definition) is 8. The van der Waals surface area contributed by atoms with E-state index in [1.165, 1.54) is 12.1 Å². The van der Waals surface area contributed by atoms with Gasteiger partial charge in [-0.15, -0.1) is 0 Å². The van der Waals surface area contributed by atoms with Crippen LogP contribution in [0.15, 0.2) is 24.3 Å². The van der Waals surface area contributed by atoms with Crippen molar-refractivity contribution >= 4 is 0 Å². The molecule has 0 bridgehead atoms. The van der Waals surface area contributed by atoms with Crippen LogP contribution < -0.4 is 10.1 Å². The molecule has 0 spiro atoms. The van der Waals surface area contributed by atoms with E-state index in [1.807, 2.05) is 13.8 Å². The van der Waals surface area contributed by atoms with Crippen LogP contribution in [0, 0.1) is 0 Å². The molecule has 1 aromatic carbocycles. The molecule has 2 rings (SSSR count). The highest BCUT2D eigenvalue weighted by Gasteiger charge is 2.44. The van der Waals surface area contributed by atoms with Crippen LogP contribution >= 0.6 is 0 Å². The van der Waals surface area contributed by atoms with E-state index in [0.29, 0.717) is 12.3 Å². The van der Waals surface area contributed by atoms with Gasteiger partial charge in [0.25, 0.3) is 0 Å². The number of aliphatic hydroxyl groups is 3. The smallest absolute Gasteiger partial charge is 0.186 e. The minimum Gasteiger partial charge on any atom is -0.508 e. The first-order chi connectivity index (χ1) is 12.0. The molecule has 0 aliphatic carbocycles. The van der Waals surface area contributed by atoms with Crippen LogP contribution in [0.2, 0.25) is 0 Å². The molecule has 25 heavy (non-hydrogen) atoms. The Morgan fingerprint density at radius 2 is 1.68 bits per heavy atom. The Labute approximate surface area is 148 Å². The van der Waals surface area contributed by atoms with Crippen molar-refractivity contribution in [3.63, 3.8) is 0 Å². The second kappa shape index (κ2) is 11.2. The monoisotopic (exact) mass is 359 g/mol. The summed E-state index contributed by atoms with van der Waals surface area (Å²) in [5.74, 6) is 0.592. The van der Waals surface area contributed by atoms with E-state index in [-0.39, 0.29) is 19.0 Å². The molecule has 1 aliphatic heterocycles. The molecule has 1 aromatic rings. The van der Waals surface area contributed by atoms with Gasteiger partial charge >= 0.3 is 0 Å². The number of benzene rings is 1. The predicted molar refractivity (Wildman–Crippen MR) is 91.5 cm³/mol. The van der Waals surface area contributed by atoms with Crippen molar-refractivity contribution in [2.75, 3.05) is 26.8 Å². The summed E-state index contributed by atoms with van der Waals surface area (Å²) in [5, 5.41) is 41.9. The molecular weight excluding hydrogens is 330 g/mol. The Morgan fingerprint density at radius 3 is 2.28 bits per heavy atom. The van der Waals surface area contributed by atoms with Gasteiger partial charge in [-0.1, -0.05) is 13.8 Å². The maximum atomic E-state index is 10.00. The first-order valence-electron chi connectivity index (χ1n) is 8.40. The number of aromatic hydroxyl groups is 1. The topological polar surface area (TPSA) is 121 Å². The van der Waals surface area contributed by atoms with Crippen molar-refractivity contribution in [1.29, 1.82) is 0 Å². The summed E-state index contributed by atoms with van der Waals surface area (Å²) >= 11 is 0. The highest BCUT2D eigenvalue weighted by atomic mass is 16.7. The van der Waals surface area contributed by atoms with Gasteiger partial charge in [0.2, 0.25) is 0 Å². The standard InChI is InChI=1S/C15H23NO7.C2H6/c1-16-6-7-21-15-14(20)13(19)12(18)11(23-15)8-22-10-4-2-9(17)3-5-10;1-2/h2-5,11-20H,6-8H2,1H3;1-2H3. The van der Waals surface area contributed by atoms with E-state index in [2.05, 4.69) is 5.32 Å². The number of nitrogens with one attached hydrogen (secondary N) is 1. The Morgan fingerprint density at radius 1 is 1.04 bits per heavy atom. The summed E-state index contributed by atoms with van der Waals surface area (Å²) in [7, 11) is 1.76. The van der Waals surface area contributed by atoms with Crippen molar-refractivity contribution < 1.29 is 34.6 Å². The number of hydrogen-bond donors (Lipinski definition) is 5. The van der Waals surface area contributed by atoms with Crippen molar-refractivity contribution in [3.05, 3.63) is 24.3 Å². The van der Waals surface area contributed by atoms with E-state index in [1.54, 1.807) is 19.2 Å². The first kappa shape index (κ1) is 21.6. The van der Waals surface area contributed by atoms with Crippen LogP contribution in [-0.2, 0) is 9.47 Å². The summed E-state index contributed by atoms with van der Waals surface area (Å²) in [4.78, 5) is 0. The predicted octanol–water partition coefficient (Wildman–Crippen LogP) is -0.159. The summed E-state index contributed by atoms with van der Waals surface area (Å²) < 4.78 is 16.3. The number of phenolic OH excluding ortho intramolecular Hbond substituents is 1. The summed E-state index contributed by atoms with van der Waals surface area (Å²) in [6.45, 7) is 4.80. The van der Waals surface area contributed by atoms with Crippen molar-refractivity contribution in [2.24, 2.45) is 0 Å². The molecule has 0 aromatic heterocycles. The molecule has 5 N–H and O–H groups in total. The lowest BCUT2D eigenvalue weighted by Crippen LogP contribution is -2.59. The number of likely N-dealkylation sites (N-methyl/N-ethyl adjacent to an activating group) is 1. The summed E-state index contributed by atoms with van der Waals surface area (Å²) in [6, 6.07) is 6.07. The molecule has 1 fully saturated rings. The molecule has 0 saturated carbocycles. The lowest BCUT2D eigenvalue weighted by Gasteiger charge is -2.40. The largest absolute Gasteiger partial charge is 0.508 e. The highest BCUT2D eigenvalue weighted by molar-refractivity contribution is 5.30. The molecule has 8 nitrogen and oxygen atoms in total. The number of ether oxygens (including phenoxy) is 3. The molecule has 1 aliphatic rings. The normalized spacial score (nSPS) is 28.8. The average Bonchev–Trinajstić information content (AvgIpc) is 2.64. The molecule has 0 amide bonds. The van der Waals surface area contributed by atoms with Crippen molar-refractivity contribution in [1.82, 2.24) is 5.32 Å². The second-order valence-corrected chi connectivity index (χ2v) is 5.29. The van der Waals surface area contributed by atoms with Crippen LogP contribution in [0.1, 0.15) is 13.8 Å². The zero-order valence-electron chi connectivity index (χ0n) is 14.8. The molecule has 1 saturated heterocycles. The third-order valence-corrected chi connectivity index (χ3v) is 3.55. The van der Waals surface area contributed by atoms with Gasteiger partial charge in [0.1, 0.15) is 42.5 Å². The molecular formula is C17H29NO7. The summed E-state index contributed by atoms with van der Waals surface area (Å²) in [6.07, 6.45) is -5.94. The fourth-order valence-corrected chi connectivity index (χ4v) is 2.19. The molecule has 5 unspecified atom stereocenters. The quantitative estimate of drug-likeness (QED) is 0.426. The van der Waals surface area contributed by atoms with E-state index in [9.17, 15) is 20.4 Å². The van der Waals surface area contributed by atoms with Gasteiger partial charge in [-0.25, -0.2) is 0 Å². The zero-order chi connectivity index (χ0) is 18.8.